The summed E-state index contributed by atoms with van der Waals surface area (Å²) < 4.78 is 0. The van der Waals surface area contributed by atoms with Crippen LogP contribution in [0.5, 0.6) is 0 Å². The lowest BCUT2D eigenvalue weighted by molar-refractivity contribution is -0.133. The standard InChI is InChI=1S/C18H21N3OS2/c22-18(7-10-20-8-1-2-9-20)21-15(17-6-4-12-24-17)13-14(19-21)16-5-3-11-23-16/h3-6,11-12,15H,1-2,7-10,13H2. The fourth-order valence-electron chi connectivity index (χ4n) is 3.41. The van der Waals surface area contributed by atoms with Crippen LogP contribution in [-0.4, -0.2) is 41.2 Å². The molecule has 1 amide bonds. The zero-order valence-electron chi connectivity index (χ0n) is 13.6. The molecule has 4 heterocycles. The number of hydrogen-bond donors (Lipinski definition) is 0. The Morgan fingerprint density at radius 2 is 1.96 bits per heavy atom. The maximum atomic E-state index is 12.8. The fraction of sp³-hybridized carbons (Fsp3) is 0.444. The van der Waals surface area contributed by atoms with Crippen molar-refractivity contribution in [3.8, 4) is 0 Å². The normalized spacial score (nSPS) is 21.4. The second-order valence-corrected chi connectivity index (χ2v) is 8.22. The molecule has 0 saturated carbocycles. The zero-order valence-corrected chi connectivity index (χ0v) is 15.2. The second-order valence-electron chi connectivity index (χ2n) is 6.30. The van der Waals surface area contributed by atoms with Crippen molar-refractivity contribution in [2.45, 2.75) is 31.7 Å². The van der Waals surface area contributed by atoms with E-state index in [0.29, 0.717) is 6.42 Å². The van der Waals surface area contributed by atoms with Gasteiger partial charge in [-0.25, -0.2) is 5.01 Å². The average molecular weight is 360 g/mol. The SMILES string of the molecule is O=C(CCN1CCCC1)N1N=C(c2cccs2)CC1c1cccs1. The molecule has 1 atom stereocenters. The van der Waals surface area contributed by atoms with E-state index in [4.69, 9.17) is 5.10 Å². The van der Waals surface area contributed by atoms with E-state index in [1.165, 1.54) is 22.6 Å². The summed E-state index contributed by atoms with van der Waals surface area (Å²) in [6.45, 7) is 3.12. The van der Waals surface area contributed by atoms with Crippen molar-refractivity contribution < 1.29 is 4.79 Å². The van der Waals surface area contributed by atoms with Crippen LogP contribution in [0.15, 0.2) is 40.1 Å². The highest BCUT2D eigenvalue weighted by Crippen LogP contribution is 2.36. The third-order valence-electron chi connectivity index (χ3n) is 4.68. The maximum Gasteiger partial charge on any atom is 0.244 e. The van der Waals surface area contributed by atoms with Crippen molar-refractivity contribution in [1.29, 1.82) is 0 Å². The number of hydrazone groups is 1. The van der Waals surface area contributed by atoms with Gasteiger partial charge in [-0.05, 0) is 48.8 Å². The molecule has 0 radical (unpaired) electrons. The largest absolute Gasteiger partial charge is 0.303 e. The first-order valence-corrected chi connectivity index (χ1v) is 10.3. The fourth-order valence-corrected chi connectivity index (χ4v) is 4.94. The van der Waals surface area contributed by atoms with E-state index in [0.717, 1.165) is 31.8 Å². The third-order valence-corrected chi connectivity index (χ3v) is 6.58. The van der Waals surface area contributed by atoms with Gasteiger partial charge in [0, 0.05) is 24.3 Å². The summed E-state index contributed by atoms with van der Waals surface area (Å²) in [7, 11) is 0. The lowest BCUT2D eigenvalue weighted by Gasteiger charge is -2.22. The van der Waals surface area contributed by atoms with E-state index in [2.05, 4.69) is 33.9 Å². The van der Waals surface area contributed by atoms with Gasteiger partial charge < -0.3 is 4.90 Å². The van der Waals surface area contributed by atoms with Gasteiger partial charge >= 0.3 is 0 Å². The Bertz CT molecular complexity index is 703. The van der Waals surface area contributed by atoms with Crippen molar-refractivity contribution in [2.24, 2.45) is 5.10 Å². The molecule has 2 aliphatic heterocycles. The molecule has 4 rings (SSSR count). The highest BCUT2D eigenvalue weighted by atomic mass is 32.1. The quantitative estimate of drug-likeness (QED) is 0.810. The molecule has 126 valence electrons. The molecular weight excluding hydrogens is 338 g/mol. The molecule has 6 heteroatoms. The summed E-state index contributed by atoms with van der Waals surface area (Å²) >= 11 is 3.40. The van der Waals surface area contributed by atoms with Crippen LogP contribution in [0.2, 0.25) is 0 Å². The van der Waals surface area contributed by atoms with Gasteiger partial charge in [-0.2, -0.15) is 5.10 Å². The number of thiophene rings is 2. The zero-order chi connectivity index (χ0) is 16.4. The summed E-state index contributed by atoms with van der Waals surface area (Å²) in [6.07, 6.45) is 3.90. The minimum Gasteiger partial charge on any atom is -0.303 e. The predicted molar refractivity (Wildman–Crippen MR) is 99.7 cm³/mol. The molecule has 0 spiro atoms. The topological polar surface area (TPSA) is 35.9 Å². The molecule has 4 nitrogen and oxygen atoms in total. The lowest BCUT2D eigenvalue weighted by Crippen LogP contribution is -2.31. The number of nitrogens with zero attached hydrogens (tertiary/aromatic N) is 3. The predicted octanol–water partition coefficient (Wildman–Crippen LogP) is 3.97. The summed E-state index contributed by atoms with van der Waals surface area (Å²) in [5.41, 5.74) is 1.04. The van der Waals surface area contributed by atoms with E-state index in [9.17, 15) is 4.79 Å². The van der Waals surface area contributed by atoms with E-state index < -0.39 is 0 Å². The number of carbonyl (C=O) groups is 1. The minimum absolute atomic E-state index is 0.0631. The third kappa shape index (κ3) is 3.31. The number of rotatable bonds is 5. The molecule has 1 saturated heterocycles. The van der Waals surface area contributed by atoms with Gasteiger partial charge in [0.1, 0.15) is 0 Å². The molecule has 2 aliphatic rings. The highest BCUT2D eigenvalue weighted by molar-refractivity contribution is 7.12. The van der Waals surface area contributed by atoms with E-state index in [-0.39, 0.29) is 11.9 Å². The van der Waals surface area contributed by atoms with Crippen LogP contribution in [0, 0.1) is 0 Å². The summed E-state index contributed by atoms with van der Waals surface area (Å²) in [5.74, 6) is 0.145. The van der Waals surface area contributed by atoms with Gasteiger partial charge in [-0.1, -0.05) is 12.1 Å². The Kier molecular flexibility index (Phi) is 4.78. The van der Waals surface area contributed by atoms with Crippen LogP contribution in [0.3, 0.4) is 0 Å². The van der Waals surface area contributed by atoms with Crippen LogP contribution < -0.4 is 0 Å². The van der Waals surface area contributed by atoms with Gasteiger partial charge in [0.15, 0.2) is 0 Å². The summed E-state index contributed by atoms with van der Waals surface area (Å²) in [6, 6.07) is 8.36. The molecule has 2 aromatic rings. The number of hydrogen-bond acceptors (Lipinski definition) is 5. The molecular formula is C18H21N3OS2. The van der Waals surface area contributed by atoms with Gasteiger partial charge in [0.05, 0.1) is 16.6 Å². The molecule has 1 fully saturated rings. The Balaban J connectivity index is 1.50. The van der Waals surface area contributed by atoms with Crippen LogP contribution in [0.4, 0.5) is 0 Å². The molecule has 0 aliphatic carbocycles. The monoisotopic (exact) mass is 359 g/mol. The number of likely N-dealkylation sites (tertiary alicyclic amines) is 1. The highest BCUT2D eigenvalue weighted by Gasteiger charge is 2.34. The van der Waals surface area contributed by atoms with Crippen molar-refractivity contribution in [3.63, 3.8) is 0 Å². The average Bonchev–Trinajstić information content (AvgIpc) is 3.40. The molecule has 2 aromatic heterocycles. The van der Waals surface area contributed by atoms with Crippen LogP contribution in [0.25, 0.3) is 0 Å². The number of carbonyl (C=O) groups excluding carboxylic acids is 1. The second kappa shape index (κ2) is 7.17. The molecule has 0 N–H and O–H groups in total. The van der Waals surface area contributed by atoms with Crippen LogP contribution in [-0.2, 0) is 4.79 Å². The first-order valence-electron chi connectivity index (χ1n) is 8.50. The summed E-state index contributed by atoms with van der Waals surface area (Å²) in [4.78, 5) is 17.6. The summed E-state index contributed by atoms with van der Waals surface area (Å²) in [5, 5.41) is 10.6. The van der Waals surface area contributed by atoms with E-state index in [1.807, 2.05) is 6.07 Å². The first kappa shape index (κ1) is 16.0. The maximum absolute atomic E-state index is 12.8. The minimum atomic E-state index is 0.0631. The van der Waals surface area contributed by atoms with Crippen molar-refractivity contribution in [1.82, 2.24) is 9.91 Å². The van der Waals surface area contributed by atoms with Crippen LogP contribution >= 0.6 is 22.7 Å². The van der Waals surface area contributed by atoms with Gasteiger partial charge in [0.25, 0.3) is 0 Å². The Morgan fingerprint density at radius 1 is 1.17 bits per heavy atom. The molecule has 24 heavy (non-hydrogen) atoms. The number of amides is 1. The Labute approximate surface area is 150 Å². The Hall–Kier alpha value is -1.50. The first-order chi connectivity index (χ1) is 11.8. The van der Waals surface area contributed by atoms with Crippen LogP contribution in [0.1, 0.15) is 41.5 Å². The van der Waals surface area contributed by atoms with Crippen molar-refractivity contribution in [3.05, 3.63) is 44.8 Å². The smallest absolute Gasteiger partial charge is 0.244 e. The molecule has 0 bridgehead atoms. The Morgan fingerprint density at radius 3 is 2.67 bits per heavy atom. The van der Waals surface area contributed by atoms with Gasteiger partial charge in [0.2, 0.25) is 5.91 Å². The molecule has 1 unspecified atom stereocenters. The van der Waals surface area contributed by atoms with E-state index in [1.54, 1.807) is 27.7 Å². The van der Waals surface area contributed by atoms with Gasteiger partial charge in [-0.15, -0.1) is 22.7 Å². The van der Waals surface area contributed by atoms with Gasteiger partial charge in [-0.3, -0.25) is 4.79 Å². The van der Waals surface area contributed by atoms with Crippen molar-refractivity contribution in [2.75, 3.05) is 19.6 Å². The lowest BCUT2D eigenvalue weighted by atomic mass is 10.1. The van der Waals surface area contributed by atoms with Crippen molar-refractivity contribution >= 4 is 34.3 Å². The van der Waals surface area contributed by atoms with E-state index >= 15 is 0 Å². The molecule has 0 aromatic carbocycles.